The number of methoxy groups -OCH3 is 2. The molecule has 0 aliphatic carbocycles. The minimum absolute atomic E-state index is 0.730. The van der Waals surface area contributed by atoms with Crippen LogP contribution in [-0.4, -0.2) is 30.7 Å². The molecule has 112 valence electrons. The van der Waals surface area contributed by atoms with E-state index in [4.69, 9.17) is 9.47 Å². The number of anilines is 1. The van der Waals surface area contributed by atoms with Gasteiger partial charge in [-0.3, -0.25) is 0 Å². The molecule has 0 unspecified atom stereocenters. The Kier molecular flexibility index (Phi) is 4.98. The van der Waals surface area contributed by atoms with Crippen LogP contribution in [0.3, 0.4) is 0 Å². The van der Waals surface area contributed by atoms with E-state index >= 15 is 0 Å². The highest BCUT2D eigenvalue weighted by atomic mass is 16.5. The maximum atomic E-state index is 5.31. The largest absolute Gasteiger partial charge is 0.497 e. The summed E-state index contributed by atoms with van der Waals surface area (Å²) in [4.78, 5) is 8.90. The number of aryl methyl sites for hydroxylation is 1. The van der Waals surface area contributed by atoms with Crippen LogP contribution < -0.4 is 14.8 Å². The fourth-order valence-corrected chi connectivity index (χ4v) is 2.01. The van der Waals surface area contributed by atoms with Crippen LogP contribution >= 0.6 is 0 Å². The minimum atomic E-state index is 0.730. The fourth-order valence-electron chi connectivity index (χ4n) is 2.01. The zero-order valence-corrected chi connectivity index (χ0v) is 12.9. The summed E-state index contributed by atoms with van der Waals surface area (Å²) in [5.74, 6) is 3.04. The molecule has 0 aliphatic heterocycles. The van der Waals surface area contributed by atoms with Gasteiger partial charge in [0.25, 0.3) is 0 Å². The summed E-state index contributed by atoms with van der Waals surface area (Å²) in [6.45, 7) is 4.89. The first-order valence-electron chi connectivity index (χ1n) is 6.99. The van der Waals surface area contributed by atoms with E-state index in [9.17, 15) is 0 Å². The van der Waals surface area contributed by atoms with Crippen LogP contribution in [0.2, 0.25) is 0 Å². The first-order valence-corrected chi connectivity index (χ1v) is 6.99. The third-order valence-electron chi connectivity index (χ3n) is 3.04. The Hall–Kier alpha value is -2.30. The van der Waals surface area contributed by atoms with Crippen molar-refractivity contribution in [1.29, 1.82) is 0 Å². The van der Waals surface area contributed by atoms with Crippen LogP contribution in [0, 0.1) is 6.92 Å². The smallest absolute Gasteiger partial charge is 0.130 e. The third-order valence-corrected chi connectivity index (χ3v) is 3.04. The van der Waals surface area contributed by atoms with Gasteiger partial charge < -0.3 is 14.8 Å². The topological polar surface area (TPSA) is 56.3 Å². The lowest BCUT2D eigenvalue weighted by molar-refractivity contribution is 0.394. The molecular weight excluding hydrogens is 266 g/mol. The second-order valence-electron chi connectivity index (χ2n) is 4.71. The Morgan fingerprint density at radius 3 is 2.24 bits per heavy atom. The van der Waals surface area contributed by atoms with Crippen LogP contribution in [0.25, 0.3) is 11.3 Å². The zero-order valence-electron chi connectivity index (χ0n) is 12.9. The second kappa shape index (κ2) is 6.92. The maximum Gasteiger partial charge on any atom is 0.130 e. The molecule has 5 nitrogen and oxygen atoms in total. The molecule has 1 N–H and O–H groups in total. The van der Waals surface area contributed by atoms with Crippen LogP contribution in [0.15, 0.2) is 24.3 Å². The SMILES string of the molecule is CCCNc1cc(-c2cc(OC)cc(OC)c2)nc(C)n1. The van der Waals surface area contributed by atoms with Crippen molar-refractivity contribution in [3.63, 3.8) is 0 Å². The van der Waals surface area contributed by atoms with Crippen molar-refractivity contribution in [1.82, 2.24) is 9.97 Å². The van der Waals surface area contributed by atoms with E-state index in [2.05, 4.69) is 22.2 Å². The number of aromatic nitrogens is 2. The average Bonchev–Trinajstić information content (AvgIpc) is 2.51. The number of ether oxygens (including phenoxy) is 2. The summed E-state index contributed by atoms with van der Waals surface area (Å²) in [5.41, 5.74) is 1.79. The standard InChI is InChI=1S/C16H21N3O2/c1-5-6-17-16-10-15(18-11(2)19-16)12-7-13(20-3)9-14(8-12)21-4/h7-10H,5-6H2,1-4H3,(H,17,18,19). The average molecular weight is 287 g/mol. The van der Waals surface area contributed by atoms with Crippen molar-refractivity contribution in [3.8, 4) is 22.8 Å². The van der Waals surface area contributed by atoms with Crippen molar-refractivity contribution in [2.75, 3.05) is 26.1 Å². The lowest BCUT2D eigenvalue weighted by Crippen LogP contribution is -2.04. The first-order chi connectivity index (χ1) is 10.2. The molecule has 2 rings (SSSR count). The van der Waals surface area contributed by atoms with Gasteiger partial charge in [-0.25, -0.2) is 9.97 Å². The molecule has 21 heavy (non-hydrogen) atoms. The molecule has 0 aliphatic rings. The highest BCUT2D eigenvalue weighted by Crippen LogP contribution is 2.29. The van der Waals surface area contributed by atoms with E-state index in [1.807, 2.05) is 31.2 Å². The van der Waals surface area contributed by atoms with Gasteiger partial charge in [-0.2, -0.15) is 0 Å². The van der Waals surface area contributed by atoms with Crippen molar-refractivity contribution >= 4 is 5.82 Å². The van der Waals surface area contributed by atoms with Crippen LogP contribution in [0.4, 0.5) is 5.82 Å². The van der Waals surface area contributed by atoms with Crippen LogP contribution in [0.5, 0.6) is 11.5 Å². The lowest BCUT2D eigenvalue weighted by Gasteiger charge is -2.10. The van der Waals surface area contributed by atoms with E-state index in [1.165, 1.54) is 0 Å². The summed E-state index contributed by atoms with van der Waals surface area (Å²) < 4.78 is 10.6. The predicted molar refractivity (Wildman–Crippen MR) is 84.1 cm³/mol. The molecule has 2 aromatic rings. The van der Waals surface area contributed by atoms with Crippen molar-refractivity contribution in [2.24, 2.45) is 0 Å². The molecule has 0 saturated carbocycles. The molecule has 0 saturated heterocycles. The van der Waals surface area contributed by atoms with Gasteiger partial charge in [-0.1, -0.05) is 6.92 Å². The summed E-state index contributed by atoms with van der Waals surface area (Å²) in [6.07, 6.45) is 1.05. The first kappa shape index (κ1) is 15.1. The third kappa shape index (κ3) is 3.84. The zero-order chi connectivity index (χ0) is 15.2. The van der Waals surface area contributed by atoms with E-state index < -0.39 is 0 Å². The van der Waals surface area contributed by atoms with Gasteiger partial charge >= 0.3 is 0 Å². The quantitative estimate of drug-likeness (QED) is 0.883. The highest BCUT2D eigenvalue weighted by Gasteiger charge is 2.08. The second-order valence-corrected chi connectivity index (χ2v) is 4.71. The summed E-state index contributed by atoms with van der Waals surface area (Å²) in [6, 6.07) is 7.66. The summed E-state index contributed by atoms with van der Waals surface area (Å²) in [5, 5.41) is 3.29. The van der Waals surface area contributed by atoms with Crippen LogP contribution in [-0.2, 0) is 0 Å². The van der Waals surface area contributed by atoms with Gasteiger partial charge in [0.2, 0.25) is 0 Å². The van der Waals surface area contributed by atoms with Crippen molar-refractivity contribution in [3.05, 3.63) is 30.1 Å². The lowest BCUT2D eigenvalue weighted by atomic mass is 10.1. The number of nitrogens with zero attached hydrogens (tertiary/aromatic N) is 2. The monoisotopic (exact) mass is 287 g/mol. The number of nitrogens with one attached hydrogen (secondary N) is 1. The minimum Gasteiger partial charge on any atom is -0.497 e. The molecule has 0 spiro atoms. The van der Waals surface area contributed by atoms with Gasteiger partial charge in [0.05, 0.1) is 19.9 Å². The van der Waals surface area contributed by atoms with Crippen molar-refractivity contribution in [2.45, 2.75) is 20.3 Å². The Bertz CT molecular complexity index is 592. The Labute approximate surface area is 125 Å². The molecule has 0 atom stereocenters. The van der Waals surface area contributed by atoms with Gasteiger partial charge in [0, 0.05) is 24.2 Å². The predicted octanol–water partition coefficient (Wildman–Crippen LogP) is 3.29. The molecule has 0 bridgehead atoms. The van der Waals surface area contributed by atoms with E-state index in [1.54, 1.807) is 14.2 Å². The Morgan fingerprint density at radius 1 is 1.00 bits per heavy atom. The molecule has 0 amide bonds. The number of hydrogen-bond donors (Lipinski definition) is 1. The van der Waals surface area contributed by atoms with Gasteiger partial charge in [-0.15, -0.1) is 0 Å². The molecule has 1 aromatic carbocycles. The number of rotatable bonds is 6. The fraction of sp³-hybridized carbons (Fsp3) is 0.375. The van der Waals surface area contributed by atoms with E-state index in [0.717, 1.165) is 47.4 Å². The molecule has 1 heterocycles. The Balaban J connectivity index is 2.42. The molecular formula is C16H21N3O2. The van der Waals surface area contributed by atoms with Crippen molar-refractivity contribution < 1.29 is 9.47 Å². The normalized spacial score (nSPS) is 10.3. The van der Waals surface area contributed by atoms with E-state index in [0.29, 0.717) is 0 Å². The Morgan fingerprint density at radius 2 is 1.67 bits per heavy atom. The van der Waals surface area contributed by atoms with E-state index in [-0.39, 0.29) is 0 Å². The van der Waals surface area contributed by atoms with Gasteiger partial charge in [0.15, 0.2) is 0 Å². The molecule has 0 fully saturated rings. The molecule has 5 heteroatoms. The summed E-state index contributed by atoms with van der Waals surface area (Å²) in [7, 11) is 3.27. The highest BCUT2D eigenvalue weighted by molar-refractivity contribution is 5.66. The number of hydrogen-bond acceptors (Lipinski definition) is 5. The van der Waals surface area contributed by atoms with Gasteiger partial charge in [0.1, 0.15) is 23.1 Å². The van der Waals surface area contributed by atoms with Crippen LogP contribution in [0.1, 0.15) is 19.2 Å². The maximum absolute atomic E-state index is 5.31. The van der Waals surface area contributed by atoms with Gasteiger partial charge in [-0.05, 0) is 25.5 Å². The summed E-state index contributed by atoms with van der Waals surface area (Å²) >= 11 is 0. The number of benzene rings is 1. The molecule has 1 aromatic heterocycles. The molecule has 0 radical (unpaired) electrons.